The minimum atomic E-state index is -2.12. The second-order valence-corrected chi connectivity index (χ2v) is 2.94. The molecule has 0 aliphatic carbocycles. The standard InChI is InChI=1S/C8H10BrN/c1-6-5-7(10-2)3-4-8(6)9/h3-5,10H,1-2H3/i2D3. The Balaban J connectivity index is 2.86. The van der Waals surface area contributed by atoms with E-state index in [1.54, 1.807) is 12.1 Å². The van der Waals surface area contributed by atoms with Crippen molar-refractivity contribution in [1.29, 1.82) is 0 Å². The number of aryl methyl sites for hydroxylation is 1. The first-order chi connectivity index (χ1) is 5.88. The smallest absolute Gasteiger partial charge is 0.0453 e. The Kier molecular flexibility index (Phi) is 1.34. The van der Waals surface area contributed by atoms with Crippen LogP contribution in [0.3, 0.4) is 0 Å². The van der Waals surface area contributed by atoms with Crippen molar-refractivity contribution in [2.45, 2.75) is 6.92 Å². The molecule has 2 heteroatoms. The molecule has 0 aliphatic heterocycles. The van der Waals surface area contributed by atoms with Gasteiger partial charge >= 0.3 is 0 Å². The van der Waals surface area contributed by atoms with Gasteiger partial charge in [-0.25, -0.2) is 0 Å². The van der Waals surface area contributed by atoms with Crippen molar-refractivity contribution < 1.29 is 4.11 Å². The molecule has 0 unspecified atom stereocenters. The van der Waals surface area contributed by atoms with Gasteiger partial charge in [0.15, 0.2) is 0 Å². The van der Waals surface area contributed by atoms with Crippen LogP contribution in [0.5, 0.6) is 0 Å². The summed E-state index contributed by atoms with van der Waals surface area (Å²) in [5.74, 6) is 0. The van der Waals surface area contributed by atoms with Gasteiger partial charge in [0.2, 0.25) is 0 Å². The Labute approximate surface area is 73.8 Å². The van der Waals surface area contributed by atoms with Crippen LogP contribution in [0.25, 0.3) is 0 Å². The molecule has 0 aromatic heterocycles. The third-order valence-electron chi connectivity index (χ3n) is 1.30. The van der Waals surface area contributed by atoms with Crippen LogP contribution in [0.15, 0.2) is 22.7 Å². The lowest BCUT2D eigenvalue weighted by molar-refractivity contribution is 1.40. The average Bonchev–Trinajstić information content (AvgIpc) is 1.94. The second kappa shape index (κ2) is 3.06. The zero-order valence-corrected chi connectivity index (χ0v) is 7.20. The predicted molar refractivity (Wildman–Crippen MR) is 48.4 cm³/mol. The molecular formula is C8H10BrN. The molecule has 1 aromatic carbocycles. The summed E-state index contributed by atoms with van der Waals surface area (Å²) >= 11 is 3.34. The molecular weight excluding hydrogens is 190 g/mol. The van der Waals surface area contributed by atoms with Crippen molar-refractivity contribution in [2.75, 3.05) is 12.3 Å². The topological polar surface area (TPSA) is 12.0 Å². The van der Waals surface area contributed by atoms with Crippen molar-refractivity contribution in [1.82, 2.24) is 0 Å². The monoisotopic (exact) mass is 202 g/mol. The van der Waals surface area contributed by atoms with Crippen LogP contribution in [-0.4, -0.2) is 6.98 Å². The van der Waals surface area contributed by atoms with Gasteiger partial charge in [0, 0.05) is 21.2 Å². The fourth-order valence-corrected chi connectivity index (χ4v) is 0.969. The number of halogens is 1. The van der Waals surface area contributed by atoms with Crippen LogP contribution >= 0.6 is 15.9 Å². The maximum atomic E-state index is 7.00. The molecule has 0 atom stereocenters. The van der Waals surface area contributed by atoms with E-state index in [9.17, 15) is 0 Å². The van der Waals surface area contributed by atoms with Crippen LogP contribution in [0, 0.1) is 6.92 Å². The molecule has 0 aliphatic rings. The summed E-state index contributed by atoms with van der Waals surface area (Å²) in [6.07, 6.45) is 0. The molecule has 0 saturated heterocycles. The van der Waals surface area contributed by atoms with E-state index in [-0.39, 0.29) is 0 Å². The first-order valence-electron chi connectivity index (χ1n) is 4.43. The summed E-state index contributed by atoms with van der Waals surface area (Å²) in [5.41, 5.74) is 1.62. The zero-order chi connectivity index (χ0) is 10.1. The summed E-state index contributed by atoms with van der Waals surface area (Å²) in [6, 6.07) is 5.34. The molecule has 54 valence electrons. The fraction of sp³-hybridized carbons (Fsp3) is 0.250. The van der Waals surface area contributed by atoms with E-state index in [1.807, 2.05) is 13.0 Å². The molecule has 1 N–H and O–H groups in total. The highest BCUT2D eigenvalue weighted by Gasteiger charge is 1.93. The first-order valence-corrected chi connectivity index (χ1v) is 3.72. The SMILES string of the molecule is [2H]C([2H])([2H])Nc1ccc(Br)c(C)c1. The summed E-state index contributed by atoms with van der Waals surface area (Å²) in [5, 5.41) is 2.43. The van der Waals surface area contributed by atoms with Gasteiger partial charge in [-0.1, -0.05) is 15.9 Å². The van der Waals surface area contributed by atoms with Crippen molar-refractivity contribution in [3.63, 3.8) is 0 Å². The highest BCUT2D eigenvalue weighted by molar-refractivity contribution is 9.10. The second-order valence-electron chi connectivity index (χ2n) is 2.09. The van der Waals surface area contributed by atoms with Crippen molar-refractivity contribution in [2.24, 2.45) is 0 Å². The van der Waals surface area contributed by atoms with E-state index in [0.717, 1.165) is 10.0 Å². The number of benzene rings is 1. The van der Waals surface area contributed by atoms with E-state index in [2.05, 4.69) is 21.2 Å². The zero-order valence-electron chi connectivity index (χ0n) is 8.61. The molecule has 0 spiro atoms. The van der Waals surface area contributed by atoms with Crippen LogP contribution in [0.1, 0.15) is 9.68 Å². The van der Waals surface area contributed by atoms with Crippen molar-refractivity contribution in [3.8, 4) is 0 Å². The molecule has 0 amide bonds. The largest absolute Gasteiger partial charge is 0.388 e. The molecule has 10 heavy (non-hydrogen) atoms. The van der Waals surface area contributed by atoms with E-state index >= 15 is 0 Å². The number of hydrogen-bond donors (Lipinski definition) is 1. The Morgan fingerprint density at radius 2 is 2.40 bits per heavy atom. The Morgan fingerprint density at radius 3 is 3.00 bits per heavy atom. The summed E-state index contributed by atoms with van der Waals surface area (Å²) < 4.78 is 22.0. The highest BCUT2D eigenvalue weighted by atomic mass is 79.9. The highest BCUT2D eigenvalue weighted by Crippen LogP contribution is 2.19. The van der Waals surface area contributed by atoms with Gasteiger partial charge in [-0.05, 0) is 30.7 Å². The van der Waals surface area contributed by atoms with Gasteiger partial charge < -0.3 is 5.32 Å². The molecule has 1 rings (SSSR count). The molecule has 1 nitrogen and oxygen atoms in total. The average molecular weight is 203 g/mol. The lowest BCUT2D eigenvalue weighted by Crippen LogP contribution is -1.87. The third-order valence-corrected chi connectivity index (χ3v) is 2.19. The van der Waals surface area contributed by atoms with E-state index in [0.29, 0.717) is 5.69 Å². The molecule has 0 fully saturated rings. The first kappa shape index (κ1) is 4.39. The molecule has 0 heterocycles. The number of rotatable bonds is 1. The third kappa shape index (κ3) is 1.51. The van der Waals surface area contributed by atoms with E-state index in [1.165, 1.54) is 0 Å². The summed E-state index contributed by atoms with van der Waals surface area (Å²) in [6.45, 7) is -0.213. The summed E-state index contributed by atoms with van der Waals surface area (Å²) in [4.78, 5) is 0. The van der Waals surface area contributed by atoms with Gasteiger partial charge in [-0.15, -0.1) is 0 Å². The van der Waals surface area contributed by atoms with Crippen LogP contribution in [0.2, 0.25) is 0 Å². The van der Waals surface area contributed by atoms with Crippen LogP contribution in [-0.2, 0) is 0 Å². The Morgan fingerprint density at radius 1 is 1.60 bits per heavy atom. The van der Waals surface area contributed by atoms with Gasteiger partial charge in [0.25, 0.3) is 0 Å². The quantitative estimate of drug-likeness (QED) is 0.739. The normalized spacial score (nSPS) is 15.2. The molecule has 0 radical (unpaired) electrons. The minimum Gasteiger partial charge on any atom is -0.388 e. The lowest BCUT2D eigenvalue weighted by Gasteiger charge is -2.01. The van der Waals surface area contributed by atoms with Gasteiger partial charge in [-0.2, -0.15) is 0 Å². The molecule has 0 saturated carbocycles. The van der Waals surface area contributed by atoms with Crippen molar-refractivity contribution in [3.05, 3.63) is 28.2 Å². The fourth-order valence-electron chi connectivity index (χ4n) is 0.722. The minimum absolute atomic E-state index is 0.612. The van der Waals surface area contributed by atoms with Crippen LogP contribution in [0.4, 0.5) is 5.69 Å². The van der Waals surface area contributed by atoms with Crippen LogP contribution < -0.4 is 5.32 Å². The van der Waals surface area contributed by atoms with E-state index in [4.69, 9.17) is 4.11 Å². The molecule has 0 bridgehead atoms. The lowest BCUT2D eigenvalue weighted by atomic mass is 10.2. The number of nitrogens with one attached hydrogen (secondary N) is 1. The Bertz CT molecular complexity index is 309. The van der Waals surface area contributed by atoms with Gasteiger partial charge in [-0.3, -0.25) is 0 Å². The maximum absolute atomic E-state index is 7.00. The predicted octanol–water partition coefficient (Wildman–Crippen LogP) is 2.80. The number of hydrogen-bond acceptors (Lipinski definition) is 1. The summed E-state index contributed by atoms with van der Waals surface area (Å²) in [7, 11) is 0. The number of anilines is 1. The van der Waals surface area contributed by atoms with Gasteiger partial charge in [0.1, 0.15) is 0 Å². The van der Waals surface area contributed by atoms with Crippen molar-refractivity contribution >= 4 is 21.6 Å². The van der Waals surface area contributed by atoms with Gasteiger partial charge in [0.05, 0.1) is 0 Å². The van der Waals surface area contributed by atoms with E-state index < -0.39 is 6.98 Å². The molecule has 1 aromatic rings. The maximum Gasteiger partial charge on any atom is 0.0453 e. The Hall–Kier alpha value is -0.500.